The van der Waals surface area contributed by atoms with Crippen molar-refractivity contribution >= 4 is 29.2 Å². The number of halogens is 1. The molecule has 9 nitrogen and oxygen atoms in total. The second-order valence-electron chi connectivity index (χ2n) is 9.58. The van der Waals surface area contributed by atoms with Crippen molar-refractivity contribution in [2.75, 3.05) is 64.8 Å². The minimum Gasteiger partial charge on any atom is -0.493 e. The number of piperidine rings is 3. The second kappa shape index (κ2) is 12.3. The van der Waals surface area contributed by atoms with E-state index < -0.39 is 0 Å². The van der Waals surface area contributed by atoms with Crippen LogP contribution in [0.4, 0.5) is 5.69 Å². The summed E-state index contributed by atoms with van der Waals surface area (Å²) in [6, 6.07) is 3.10. The number of nitrogen functional groups attached to an aromatic ring is 1. The van der Waals surface area contributed by atoms with Crippen molar-refractivity contribution < 1.29 is 23.8 Å². The summed E-state index contributed by atoms with van der Waals surface area (Å²) >= 11 is 6.11. The number of nitrogens with zero attached hydrogens (tertiary/aromatic N) is 2. The van der Waals surface area contributed by atoms with Crippen LogP contribution in [-0.4, -0.2) is 92.9 Å². The lowest BCUT2D eigenvalue weighted by Gasteiger charge is -2.43. The quantitative estimate of drug-likeness (QED) is 0.366. The van der Waals surface area contributed by atoms with Crippen LogP contribution in [0.2, 0.25) is 5.02 Å². The van der Waals surface area contributed by atoms with Gasteiger partial charge in [0.25, 0.3) is 5.91 Å². The summed E-state index contributed by atoms with van der Waals surface area (Å²) in [5, 5.41) is 3.23. The van der Waals surface area contributed by atoms with E-state index in [-0.39, 0.29) is 24.1 Å². The number of morpholine rings is 1. The minimum absolute atomic E-state index is 0.0700. The lowest BCUT2D eigenvalue weighted by Crippen LogP contribution is -2.52. The molecule has 2 bridgehead atoms. The molecule has 35 heavy (non-hydrogen) atoms. The summed E-state index contributed by atoms with van der Waals surface area (Å²) < 4.78 is 17.2. The summed E-state index contributed by atoms with van der Waals surface area (Å²) in [6.07, 6.45) is 3.40. The Kier molecular flexibility index (Phi) is 9.10. The monoisotopic (exact) mass is 508 g/mol. The van der Waals surface area contributed by atoms with Gasteiger partial charge < -0.3 is 25.3 Å². The number of rotatable bonds is 10. The van der Waals surface area contributed by atoms with E-state index in [9.17, 15) is 9.59 Å². The number of anilines is 1. The molecule has 4 heterocycles. The Morgan fingerprint density at radius 2 is 2.03 bits per heavy atom. The van der Waals surface area contributed by atoms with Crippen molar-refractivity contribution in [2.24, 2.45) is 5.92 Å². The highest BCUT2D eigenvalue weighted by Crippen LogP contribution is 2.30. The van der Waals surface area contributed by atoms with Crippen LogP contribution in [0.15, 0.2) is 12.1 Å². The maximum atomic E-state index is 12.8. The van der Waals surface area contributed by atoms with Crippen LogP contribution in [0.3, 0.4) is 0 Å². The molecule has 4 aliphatic rings. The number of ether oxygens (including phenoxy) is 3. The zero-order valence-corrected chi connectivity index (χ0v) is 21.2. The molecule has 1 amide bonds. The molecule has 0 saturated carbocycles. The van der Waals surface area contributed by atoms with Gasteiger partial charge in [0.15, 0.2) is 0 Å². The first-order valence-electron chi connectivity index (χ1n) is 12.7. The molecule has 1 aromatic carbocycles. The molecule has 3 N–H and O–H groups in total. The molecule has 4 fully saturated rings. The van der Waals surface area contributed by atoms with E-state index in [1.807, 2.05) is 6.92 Å². The van der Waals surface area contributed by atoms with Crippen molar-refractivity contribution in [3.8, 4) is 5.75 Å². The fourth-order valence-corrected chi connectivity index (χ4v) is 5.31. The fraction of sp³-hybridized carbons (Fsp3) is 0.680. The predicted octanol–water partition coefficient (Wildman–Crippen LogP) is 2.17. The van der Waals surface area contributed by atoms with Gasteiger partial charge in [-0.15, -0.1) is 0 Å². The Hall–Kier alpha value is -2.07. The van der Waals surface area contributed by atoms with Gasteiger partial charge in [-0.05, 0) is 57.8 Å². The molecular weight excluding hydrogens is 472 g/mol. The van der Waals surface area contributed by atoms with E-state index in [2.05, 4.69) is 15.1 Å². The average Bonchev–Trinajstić information content (AvgIpc) is 2.86. The third kappa shape index (κ3) is 7.00. The van der Waals surface area contributed by atoms with Gasteiger partial charge in [-0.3, -0.25) is 19.4 Å². The van der Waals surface area contributed by atoms with Gasteiger partial charge in [0.1, 0.15) is 11.9 Å². The summed E-state index contributed by atoms with van der Waals surface area (Å²) in [5.74, 6) is 0.566. The largest absolute Gasteiger partial charge is 0.493 e. The van der Waals surface area contributed by atoms with Crippen molar-refractivity contribution in [3.05, 3.63) is 22.7 Å². The normalized spacial score (nSPS) is 26.3. The summed E-state index contributed by atoms with van der Waals surface area (Å²) in [4.78, 5) is 29.8. The van der Waals surface area contributed by atoms with Crippen LogP contribution in [0.25, 0.3) is 0 Å². The third-order valence-electron chi connectivity index (χ3n) is 7.09. The Morgan fingerprint density at radius 1 is 1.23 bits per heavy atom. The van der Waals surface area contributed by atoms with Crippen molar-refractivity contribution in [1.29, 1.82) is 0 Å². The van der Waals surface area contributed by atoms with Gasteiger partial charge in [-0.25, -0.2) is 0 Å². The molecular formula is C25H37ClN4O5. The Bertz CT molecular complexity index is 893. The standard InChI is InChI=1S/C25H37ClN4O5/c1-2-33-22-13-21(27)20(26)12-19(22)25(32)28-14-18-15-29(10-11-34-18)7-3-4-24(31)35-23-16-30-8-5-17(23)6-9-30/h12-13,17-18,23H,2-11,14-16,27H2,1H3,(H,28,32)/t18-,23+/m1/s1. The Labute approximate surface area is 212 Å². The zero-order valence-electron chi connectivity index (χ0n) is 20.5. The van der Waals surface area contributed by atoms with Gasteiger partial charge in [-0.2, -0.15) is 0 Å². The first-order chi connectivity index (χ1) is 16.9. The summed E-state index contributed by atoms with van der Waals surface area (Å²) in [7, 11) is 0. The van der Waals surface area contributed by atoms with E-state index in [0.29, 0.717) is 60.7 Å². The molecule has 4 aliphatic heterocycles. The number of benzene rings is 1. The highest BCUT2D eigenvalue weighted by Gasteiger charge is 2.36. The van der Waals surface area contributed by atoms with Gasteiger partial charge in [-0.1, -0.05) is 11.6 Å². The number of carbonyl (C=O) groups is 2. The minimum atomic E-state index is -0.286. The molecule has 1 aromatic rings. The van der Waals surface area contributed by atoms with Gasteiger partial charge in [0.05, 0.1) is 35.6 Å². The first kappa shape index (κ1) is 26.0. The molecule has 0 radical (unpaired) electrons. The topological polar surface area (TPSA) is 106 Å². The molecule has 0 spiro atoms. The number of amides is 1. The Balaban J connectivity index is 1.18. The van der Waals surface area contributed by atoms with E-state index in [4.69, 9.17) is 31.5 Å². The van der Waals surface area contributed by atoms with Crippen LogP contribution in [0.5, 0.6) is 5.75 Å². The molecule has 2 atom stereocenters. The van der Waals surface area contributed by atoms with Crippen molar-refractivity contribution in [2.45, 2.75) is 44.8 Å². The highest BCUT2D eigenvalue weighted by molar-refractivity contribution is 6.33. The van der Waals surface area contributed by atoms with E-state index in [0.717, 1.165) is 52.0 Å². The Morgan fingerprint density at radius 3 is 2.74 bits per heavy atom. The van der Waals surface area contributed by atoms with Crippen LogP contribution >= 0.6 is 11.6 Å². The average molecular weight is 509 g/mol. The van der Waals surface area contributed by atoms with E-state index >= 15 is 0 Å². The molecule has 0 aromatic heterocycles. The number of nitrogens with one attached hydrogen (secondary N) is 1. The number of esters is 1. The molecule has 0 unspecified atom stereocenters. The molecule has 5 rings (SSSR count). The van der Waals surface area contributed by atoms with Crippen LogP contribution < -0.4 is 15.8 Å². The van der Waals surface area contributed by atoms with Gasteiger partial charge in [0, 0.05) is 38.7 Å². The number of hydrogen-bond acceptors (Lipinski definition) is 8. The first-order valence-corrected chi connectivity index (χ1v) is 13.1. The van der Waals surface area contributed by atoms with Gasteiger partial charge >= 0.3 is 5.97 Å². The summed E-state index contributed by atoms with van der Waals surface area (Å²) in [6.45, 7) is 8.66. The van der Waals surface area contributed by atoms with Gasteiger partial charge in [0.2, 0.25) is 0 Å². The lowest BCUT2D eigenvalue weighted by molar-refractivity contribution is -0.159. The van der Waals surface area contributed by atoms with E-state index in [1.54, 1.807) is 6.07 Å². The number of fused-ring (bicyclic) bond motifs is 3. The van der Waals surface area contributed by atoms with Crippen molar-refractivity contribution in [3.63, 3.8) is 0 Å². The second-order valence-corrected chi connectivity index (χ2v) is 9.98. The zero-order chi connectivity index (χ0) is 24.8. The van der Waals surface area contributed by atoms with Crippen LogP contribution in [0, 0.1) is 5.92 Å². The lowest BCUT2D eigenvalue weighted by atomic mass is 9.86. The number of hydrogen-bond donors (Lipinski definition) is 2. The third-order valence-corrected chi connectivity index (χ3v) is 7.42. The SMILES string of the molecule is CCOc1cc(N)c(Cl)cc1C(=O)NC[C@@H]1CN(CCCC(=O)O[C@H]2CN3CCC2CC3)CCO1. The summed E-state index contributed by atoms with van der Waals surface area (Å²) in [5.41, 5.74) is 6.56. The van der Waals surface area contributed by atoms with Crippen LogP contribution in [0.1, 0.15) is 43.0 Å². The highest BCUT2D eigenvalue weighted by atomic mass is 35.5. The van der Waals surface area contributed by atoms with Crippen LogP contribution in [-0.2, 0) is 14.3 Å². The smallest absolute Gasteiger partial charge is 0.306 e. The molecule has 10 heteroatoms. The maximum Gasteiger partial charge on any atom is 0.306 e. The molecule has 0 aliphatic carbocycles. The number of nitrogens with two attached hydrogens (primary N) is 1. The fourth-order valence-electron chi connectivity index (χ4n) is 5.15. The number of carbonyl (C=O) groups excluding carboxylic acids is 2. The predicted molar refractivity (Wildman–Crippen MR) is 134 cm³/mol. The van der Waals surface area contributed by atoms with E-state index in [1.165, 1.54) is 6.07 Å². The maximum absolute atomic E-state index is 12.8. The molecule has 194 valence electrons. The molecule has 4 saturated heterocycles. The van der Waals surface area contributed by atoms with Crippen molar-refractivity contribution in [1.82, 2.24) is 15.1 Å².